The van der Waals surface area contributed by atoms with Crippen molar-refractivity contribution in [3.63, 3.8) is 0 Å². The standard InChI is InChI=1S/C29H34F4O2/c1-3-18-5-9-20(10-6-18)22-13-12-21(26(30)27(22)31)11-7-19-8-15-24(35-17-19)23-14-16-25(34-4-2)29(33)28(23)32/h7,11-14,16,18-20,24H,3-6,8-10,15,17H2,1-2H3. The molecule has 0 bridgehead atoms. The molecule has 2 unspecified atom stereocenters. The molecule has 190 valence electrons. The third-order valence-electron chi connectivity index (χ3n) is 7.59. The first-order valence-electron chi connectivity index (χ1n) is 12.8. The monoisotopic (exact) mass is 490 g/mol. The van der Waals surface area contributed by atoms with Gasteiger partial charge in [0.05, 0.1) is 19.3 Å². The maximum atomic E-state index is 14.9. The van der Waals surface area contributed by atoms with Gasteiger partial charge in [-0.05, 0) is 75.0 Å². The van der Waals surface area contributed by atoms with Crippen LogP contribution >= 0.6 is 0 Å². The van der Waals surface area contributed by atoms with Crippen molar-refractivity contribution in [2.45, 2.75) is 70.8 Å². The van der Waals surface area contributed by atoms with Crippen molar-refractivity contribution in [3.05, 3.63) is 70.3 Å². The molecule has 1 saturated carbocycles. The van der Waals surface area contributed by atoms with Crippen LogP contribution in [-0.4, -0.2) is 13.2 Å². The zero-order valence-electron chi connectivity index (χ0n) is 20.5. The third-order valence-corrected chi connectivity index (χ3v) is 7.59. The van der Waals surface area contributed by atoms with E-state index in [4.69, 9.17) is 9.47 Å². The molecule has 1 saturated heterocycles. The van der Waals surface area contributed by atoms with Gasteiger partial charge in [-0.25, -0.2) is 13.2 Å². The van der Waals surface area contributed by atoms with E-state index >= 15 is 0 Å². The topological polar surface area (TPSA) is 18.5 Å². The predicted molar refractivity (Wildman–Crippen MR) is 129 cm³/mol. The van der Waals surface area contributed by atoms with E-state index in [2.05, 4.69) is 6.92 Å². The maximum Gasteiger partial charge on any atom is 0.200 e. The summed E-state index contributed by atoms with van der Waals surface area (Å²) in [7, 11) is 0. The van der Waals surface area contributed by atoms with Crippen molar-refractivity contribution in [1.82, 2.24) is 0 Å². The summed E-state index contributed by atoms with van der Waals surface area (Å²) in [6.45, 7) is 4.42. The second-order valence-corrected chi connectivity index (χ2v) is 9.73. The number of hydrogen-bond acceptors (Lipinski definition) is 2. The summed E-state index contributed by atoms with van der Waals surface area (Å²) in [6.07, 6.45) is 9.11. The first-order valence-corrected chi connectivity index (χ1v) is 12.8. The summed E-state index contributed by atoms with van der Waals surface area (Å²) in [6, 6.07) is 6.30. The van der Waals surface area contributed by atoms with Gasteiger partial charge in [-0.1, -0.05) is 37.6 Å². The van der Waals surface area contributed by atoms with E-state index in [1.807, 2.05) is 6.08 Å². The summed E-state index contributed by atoms with van der Waals surface area (Å²) < 4.78 is 69.3. The Bertz CT molecular complexity index is 1040. The zero-order valence-corrected chi connectivity index (χ0v) is 20.5. The minimum Gasteiger partial charge on any atom is -0.491 e. The van der Waals surface area contributed by atoms with Crippen molar-refractivity contribution in [2.75, 3.05) is 13.2 Å². The molecule has 0 radical (unpaired) electrons. The van der Waals surface area contributed by atoms with Crippen LogP contribution in [0.4, 0.5) is 17.6 Å². The van der Waals surface area contributed by atoms with Gasteiger partial charge in [0.15, 0.2) is 23.2 Å². The minimum absolute atomic E-state index is 0.0201. The molecule has 2 aromatic carbocycles. The van der Waals surface area contributed by atoms with Crippen LogP contribution in [0.2, 0.25) is 0 Å². The van der Waals surface area contributed by atoms with E-state index < -0.39 is 29.4 Å². The fourth-order valence-corrected chi connectivity index (χ4v) is 5.38. The fraction of sp³-hybridized carbons (Fsp3) is 0.517. The highest BCUT2D eigenvalue weighted by Gasteiger charge is 2.28. The molecule has 0 spiro atoms. The van der Waals surface area contributed by atoms with Gasteiger partial charge < -0.3 is 9.47 Å². The first kappa shape index (κ1) is 25.7. The molecule has 1 heterocycles. The van der Waals surface area contributed by atoms with Gasteiger partial charge >= 0.3 is 0 Å². The van der Waals surface area contributed by atoms with Crippen LogP contribution in [0.1, 0.15) is 87.5 Å². The van der Waals surface area contributed by atoms with Gasteiger partial charge in [-0.2, -0.15) is 4.39 Å². The SMILES string of the molecule is CCOc1ccc(C2CCC(C=Cc3ccc(C4CCC(CC)CC4)c(F)c3F)CO2)c(F)c1F. The predicted octanol–water partition coefficient (Wildman–Crippen LogP) is 8.51. The highest BCUT2D eigenvalue weighted by Crippen LogP contribution is 2.39. The van der Waals surface area contributed by atoms with E-state index in [9.17, 15) is 17.6 Å². The Hall–Kier alpha value is -2.34. The molecule has 6 heteroatoms. The van der Waals surface area contributed by atoms with Crippen molar-refractivity contribution >= 4 is 6.08 Å². The molecular weight excluding hydrogens is 456 g/mol. The van der Waals surface area contributed by atoms with Crippen molar-refractivity contribution in [1.29, 1.82) is 0 Å². The highest BCUT2D eigenvalue weighted by atomic mass is 19.2. The van der Waals surface area contributed by atoms with Gasteiger partial charge in [-0.3, -0.25) is 0 Å². The Balaban J connectivity index is 1.37. The molecule has 2 atom stereocenters. The third kappa shape index (κ3) is 5.74. The molecule has 1 aliphatic carbocycles. The van der Waals surface area contributed by atoms with Crippen LogP contribution in [0.25, 0.3) is 6.08 Å². The van der Waals surface area contributed by atoms with E-state index in [1.165, 1.54) is 12.1 Å². The molecule has 2 nitrogen and oxygen atoms in total. The molecule has 35 heavy (non-hydrogen) atoms. The van der Waals surface area contributed by atoms with Gasteiger partial charge in [0.2, 0.25) is 5.82 Å². The maximum absolute atomic E-state index is 14.9. The summed E-state index contributed by atoms with van der Waals surface area (Å²) in [5.74, 6) is -2.85. The number of ether oxygens (including phenoxy) is 2. The largest absolute Gasteiger partial charge is 0.491 e. The van der Waals surface area contributed by atoms with Crippen LogP contribution in [0.3, 0.4) is 0 Å². The molecule has 4 rings (SSSR count). The number of halogens is 4. The van der Waals surface area contributed by atoms with Crippen LogP contribution in [0, 0.1) is 35.1 Å². The second kappa shape index (κ2) is 11.6. The average Bonchev–Trinajstić information content (AvgIpc) is 2.88. The van der Waals surface area contributed by atoms with E-state index in [0.717, 1.165) is 32.1 Å². The zero-order chi connectivity index (χ0) is 24.9. The molecule has 0 amide bonds. The Morgan fingerprint density at radius 1 is 0.829 bits per heavy atom. The Morgan fingerprint density at radius 2 is 1.54 bits per heavy atom. The van der Waals surface area contributed by atoms with Crippen molar-refractivity contribution in [3.8, 4) is 5.75 Å². The summed E-state index contributed by atoms with van der Waals surface area (Å²) in [4.78, 5) is 0. The lowest BCUT2D eigenvalue weighted by Crippen LogP contribution is -2.20. The van der Waals surface area contributed by atoms with Gasteiger partial charge in [0, 0.05) is 17.0 Å². The van der Waals surface area contributed by atoms with E-state index in [-0.39, 0.29) is 41.9 Å². The number of rotatable bonds is 7. The Kier molecular flexibility index (Phi) is 8.53. The lowest BCUT2D eigenvalue weighted by atomic mass is 9.77. The lowest BCUT2D eigenvalue weighted by Gasteiger charge is -2.28. The fourth-order valence-electron chi connectivity index (χ4n) is 5.38. The summed E-state index contributed by atoms with van der Waals surface area (Å²) >= 11 is 0. The van der Waals surface area contributed by atoms with Gasteiger partial charge in [0.25, 0.3) is 0 Å². The molecule has 1 aliphatic heterocycles. The van der Waals surface area contributed by atoms with Crippen molar-refractivity contribution < 1.29 is 27.0 Å². The van der Waals surface area contributed by atoms with E-state index in [0.29, 0.717) is 24.3 Å². The molecule has 2 aromatic rings. The van der Waals surface area contributed by atoms with Crippen LogP contribution < -0.4 is 4.74 Å². The smallest absolute Gasteiger partial charge is 0.200 e. The second-order valence-electron chi connectivity index (χ2n) is 9.73. The molecular formula is C29H34F4O2. The quantitative estimate of drug-likeness (QED) is 0.362. The summed E-state index contributed by atoms with van der Waals surface area (Å²) in [5.41, 5.74) is 0.878. The summed E-state index contributed by atoms with van der Waals surface area (Å²) in [5, 5.41) is 0. The minimum atomic E-state index is -1.01. The molecule has 2 fully saturated rings. The molecule has 0 N–H and O–H groups in total. The number of hydrogen-bond donors (Lipinski definition) is 0. The van der Waals surface area contributed by atoms with Crippen molar-refractivity contribution in [2.24, 2.45) is 11.8 Å². The normalized spacial score (nSPS) is 25.2. The van der Waals surface area contributed by atoms with Crippen LogP contribution in [0.5, 0.6) is 5.75 Å². The van der Waals surface area contributed by atoms with E-state index in [1.54, 1.807) is 25.1 Å². The average molecular weight is 491 g/mol. The van der Waals surface area contributed by atoms with Crippen LogP contribution in [0.15, 0.2) is 30.3 Å². The lowest BCUT2D eigenvalue weighted by molar-refractivity contribution is -0.00732. The highest BCUT2D eigenvalue weighted by molar-refractivity contribution is 5.52. The van der Waals surface area contributed by atoms with Crippen LogP contribution in [-0.2, 0) is 4.74 Å². The first-order chi connectivity index (χ1) is 16.9. The molecule has 0 aromatic heterocycles. The van der Waals surface area contributed by atoms with Gasteiger partial charge in [-0.15, -0.1) is 0 Å². The Labute approximate surface area is 205 Å². The number of benzene rings is 2. The van der Waals surface area contributed by atoms with Gasteiger partial charge in [0.1, 0.15) is 0 Å². The Morgan fingerprint density at radius 3 is 2.20 bits per heavy atom. The molecule has 2 aliphatic rings.